The molecule has 2 heterocycles. The van der Waals surface area contributed by atoms with E-state index in [4.69, 9.17) is 4.74 Å². The van der Waals surface area contributed by atoms with E-state index in [1.165, 1.54) is 5.56 Å². The molecule has 30 heavy (non-hydrogen) atoms. The molecule has 0 radical (unpaired) electrons. The number of nitrogens with one attached hydrogen (secondary N) is 2. The molecule has 0 fully saturated rings. The van der Waals surface area contributed by atoms with E-state index in [-0.39, 0.29) is 12.0 Å². The molecule has 3 aromatic rings. The zero-order valence-electron chi connectivity index (χ0n) is 17.4. The smallest absolute Gasteiger partial charge is 0.272 e. The summed E-state index contributed by atoms with van der Waals surface area (Å²) >= 11 is 1.62. The third-order valence-corrected chi connectivity index (χ3v) is 5.81. The number of fused-ring (bicyclic) bond motifs is 1. The van der Waals surface area contributed by atoms with Gasteiger partial charge in [-0.25, -0.2) is 4.98 Å². The summed E-state index contributed by atoms with van der Waals surface area (Å²) in [5.74, 6) is 0.666. The Hall–Kier alpha value is -2.71. The van der Waals surface area contributed by atoms with Crippen molar-refractivity contribution in [3.63, 3.8) is 0 Å². The summed E-state index contributed by atoms with van der Waals surface area (Å²) < 4.78 is 6.03. The molecular weight excluding hydrogens is 398 g/mol. The van der Waals surface area contributed by atoms with Crippen molar-refractivity contribution < 1.29 is 9.53 Å². The summed E-state index contributed by atoms with van der Waals surface area (Å²) in [6, 6.07) is 8.09. The molecule has 2 N–H and O–H groups in total. The van der Waals surface area contributed by atoms with Crippen LogP contribution in [0.5, 0.6) is 5.75 Å². The van der Waals surface area contributed by atoms with Crippen LogP contribution in [0.3, 0.4) is 0 Å². The van der Waals surface area contributed by atoms with Crippen molar-refractivity contribution in [2.75, 3.05) is 13.6 Å². The molecular formula is C22H27N5O2S. The average molecular weight is 426 g/mol. The third kappa shape index (κ3) is 5.06. The van der Waals surface area contributed by atoms with Gasteiger partial charge < -0.3 is 10.1 Å². The number of benzene rings is 1. The lowest BCUT2D eigenvalue weighted by atomic mass is 10.2. The number of amides is 1. The normalized spacial score (nSPS) is 14.0. The van der Waals surface area contributed by atoms with Crippen LogP contribution in [-0.2, 0) is 25.9 Å². The number of nitrogens with zero attached hydrogens (tertiary/aromatic N) is 3. The maximum atomic E-state index is 12.5. The van der Waals surface area contributed by atoms with Crippen LogP contribution in [-0.4, -0.2) is 45.7 Å². The Kier molecular flexibility index (Phi) is 6.44. The van der Waals surface area contributed by atoms with Gasteiger partial charge in [0.05, 0.1) is 17.7 Å². The summed E-state index contributed by atoms with van der Waals surface area (Å²) in [5, 5.41) is 12.2. The summed E-state index contributed by atoms with van der Waals surface area (Å²) in [7, 11) is 2.08. The maximum absolute atomic E-state index is 12.5. The Morgan fingerprint density at radius 3 is 3.10 bits per heavy atom. The van der Waals surface area contributed by atoms with Crippen LogP contribution < -0.4 is 10.1 Å². The first kappa shape index (κ1) is 20.6. The number of ether oxygens (including phenoxy) is 1. The molecule has 158 valence electrons. The minimum Gasteiger partial charge on any atom is -0.489 e. The fourth-order valence-corrected chi connectivity index (χ4v) is 4.33. The molecule has 7 nitrogen and oxygen atoms in total. The van der Waals surface area contributed by atoms with Gasteiger partial charge in [-0.15, -0.1) is 11.3 Å². The van der Waals surface area contributed by atoms with Crippen molar-refractivity contribution in [2.24, 2.45) is 0 Å². The first-order chi connectivity index (χ1) is 14.6. The van der Waals surface area contributed by atoms with Crippen molar-refractivity contribution in [2.45, 2.75) is 45.4 Å². The number of carbonyl (C=O) groups excluding carboxylic acids is 1. The molecule has 4 rings (SSSR count). The van der Waals surface area contributed by atoms with E-state index in [0.29, 0.717) is 12.2 Å². The van der Waals surface area contributed by atoms with E-state index in [1.807, 2.05) is 24.6 Å². The lowest BCUT2D eigenvalue weighted by Gasteiger charge is -2.18. The van der Waals surface area contributed by atoms with Crippen molar-refractivity contribution in [1.29, 1.82) is 0 Å². The van der Waals surface area contributed by atoms with Gasteiger partial charge in [0, 0.05) is 29.7 Å². The van der Waals surface area contributed by atoms with Crippen LogP contribution in [0.2, 0.25) is 0 Å². The summed E-state index contributed by atoms with van der Waals surface area (Å²) in [5.41, 5.74) is 6.81. The molecule has 8 heteroatoms. The lowest BCUT2D eigenvalue weighted by molar-refractivity contribution is 0.0926. The molecule has 1 aromatic carbocycles. The van der Waals surface area contributed by atoms with Gasteiger partial charge in [-0.2, -0.15) is 5.10 Å². The molecule has 2 aromatic heterocycles. The minimum absolute atomic E-state index is 0.137. The summed E-state index contributed by atoms with van der Waals surface area (Å²) in [6.45, 7) is 4.00. The van der Waals surface area contributed by atoms with Gasteiger partial charge in [-0.1, -0.05) is 12.1 Å². The number of thiazole rings is 1. The quantitative estimate of drug-likeness (QED) is 0.550. The zero-order chi connectivity index (χ0) is 20.9. The maximum Gasteiger partial charge on any atom is 0.272 e. The number of rotatable bonds is 9. The Morgan fingerprint density at radius 2 is 2.27 bits per heavy atom. The van der Waals surface area contributed by atoms with Crippen LogP contribution in [0.1, 0.15) is 46.3 Å². The van der Waals surface area contributed by atoms with Gasteiger partial charge in [0.15, 0.2) is 5.69 Å². The van der Waals surface area contributed by atoms with E-state index in [2.05, 4.69) is 50.0 Å². The molecule has 0 saturated carbocycles. The van der Waals surface area contributed by atoms with E-state index in [1.54, 1.807) is 11.3 Å². The Balaban J connectivity index is 1.27. The molecule has 0 unspecified atom stereocenters. The lowest BCUT2D eigenvalue weighted by Crippen LogP contribution is -2.34. The number of hydrogen-bond acceptors (Lipinski definition) is 6. The van der Waals surface area contributed by atoms with Crippen molar-refractivity contribution in [1.82, 2.24) is 25.4 Å². The highest BCUT2D eigenvalue weighted by Crippen LogP contribution is 2.22. The van der Waals surface area contributed by atoms with Crippen LogP contribution in [0.4, 0.5) is 0 Å². The summed E-state index contributed by atoms with van der Waals surface area (Å²) in [6.07, 6.45) is 2.83. The third-order valence-electron chi connectivity index (χ3n) is 5.18. The highest BCUT2D eigenvalue weighted by Gasteiger charge is 2.23. The predicted octanol–water partition coefficient (Wildman–Crippen LogP) is 3.18. The van der Waals surface area contributed by atoms with E-state index >= 15 is 0 Å². The van der Waals surface area contributed by atoms with Crippen molar-refractivity contribution >= 4 is 17.2 Å². The number of aromatic amines is 1. The standard InChI is InChI=1S/C22H27N5O2S/c1-15(10-23-22(28)21-19-7-4-8-20(19)25-26-21)29-18-6-3-5-16(9-18)11-27(2)12-17-13-30-14-24-17/h3,5-6,9,13-15H,4,7-8,10-12H2,1-2H3,(H,23,28)(H,25,26)/t15-/m0/s1. The Labute approximate surface area is 180 Å². The van der Waals surface area contributed by atoms with E-state index < -0.39 is 0 Å². The number of aryl methyl sites for hydroxylation is 1. The second kappa shape index (κ2) is 9.40. The van der Waals surface area contributed by atoms with Crippen LogP contribution in [0.25, 0.3) is 0 Å². The molecule has 0 saturated heterocycles. The SMILES string of the molecule is C[C@@H](CNC(=O)c1n[nH]c2c1CCC2)Oc1cccc(CN(C)Cc2cscn2)c1. The van der Waals surface area contributed by atoms with E-state index in [0.717, 1.165) is 55.1 Å². The topological polar surface area (TPSA) is 83.1 Å². The number of aromatic nitrogens is 3. The zero-order valence-corrected chi connectivity index (χ0v) is 18.2. The van der Waals surface area contributed by atoms with Gasteiger partial charge in [0.2, 0.25) is 0 Å². The van der Waals surface area contributed by atoms with E-state index in [9.17, 15) is 4.79 Å². The van der Waals surface area contributed by atoms with Gasteiger partial charge in [-0.3, -0.25) is 14.8 Å². The van der Waals surface area contributed by atoms with Gasteiger partial charge >= 0.3 is 0 Å². The molecule has 1 atom stereocenters. The Bertz CT molecular complexity index is 985. The molecule has 0 aliphatic heterocycles. The van der Waals surface area contributed by atoms with Crippen LogP contribution in [0.15, 0.2) is 35.2 Å². The van der Waals surface area contributed by atoms with Gasteiger partial charge in [-0.05, 0) is 50.9 Å². The van der Waals surface area contributed by atoms with Gasteiger partial charge in [0.25, 0.3) is 5.91 Å². The van der Waals surface area contributed by atoms with Crippen LogP contribution >= 0.6 is 11.3 Å². The highest BCUT2D eigenvalue weighted by atomic mass is 32.1. The number of H-pyrrole nitrogens is 1. The fraction of sp³-hybridized carbons (Fsp3) is 0.409. The number of carbonyl (C=O) groups is 1. The second-order valence-corrected chi connectivity index (χ2v) is 8.54. The van der Waals surface area contributed by atoms with Gasteiger partial charge in [0.1, 0.15) is 11.9 Å². The fourth-order valence-electron chi connectivity index (χ4n) is 3.78. The molecule has 0 bridgehead atoms. The highest BCUT2D eigenvalue weighted by molar-refractivity contribution is 7.07. The second-order valence-electron chi connectivity index (χ2n) is 7.82. The predicted molar refractivity (Wildman–Crippen MR) is 117 cm³/mol. The first-order valence-electron chi connectivity index (χ1n) is 10.2. The average Bonchev–Trinajstić information content (AvgIpc) is 3.44. The Morgan fingerprint density at radius 1 is 1.37 bits per heavy atom. The van der Waals surface area contributed by atoms with Crippen LogP contribution in [0, 0.1) is 0 Å². The first-order valence-corrected chi connectivity index (χ1v) is 11.2. The largest absolute Gasteiger partial charge is 0.489 e. The molecule has 1 amide bonds. The molecule has 1 aliphatic carbocycles. The molecule has 1 aliphatic rings. The minimum atomic E-state index is -0.149. The monoisotopic (exact) mass is 425 g/mol. The van der Waals surface area contributed by atoms with Crippen molar-refractivity contribution in [3.8, 4) is 5.75 Å². The van der Waals surface area contributed by atoms with Crippen molar-refractivity contribution in [3.05, 3.63) is 63.4 Å². The number of hydrogen-bond donors (Lipinski definition) is 2. The molecule has 0 spiro atoms. The summed E-state index contributed by atoms with van der Waals surface area (Å²) in [4.78, 5) is 19.0.